The molecule has 0 amide bonds. The van der Waals surface area contributed by atoms with Crippen LogP contribution in [0.25, 0.3) is 0 Å². The first kappa shape index (κ1) is 12.2. The average molecular weight is 254 g/mol. The third-order valence-electron chi connectivity index (χ3n) is 3.07. The molecule has 1 aliphatic carbocycles. The van der Waals surface area contributed by atoms with E-state index in [0.717, 1.165) is 18.2 Å². The molecule has 1 fully saturated rings. The second-order valence-electron chi connectivity index (χ2n) is 4.82. The number of hydrogen-bond acceptors (Lipinski definition) is 4. The summed E-state index contributed by atoms with van der Waals surface area (Å²) in [4.78, 5) is 2.37. The lowest BCUT2D eigenvalue weighted by atomic mass is 10.2. The lowest BCUT2D eigenvalue weighted by Crippen LogP contribution is -2.21. The number of sulfone groups is 1. The van der Waals surface area contributed by atoms with Crippen molar-refractivity contribution in [2.24, 2.45) is 5.92 Å². The molecule has 17 heavy (non-hydrogen) atoms. The van der Waals surface area contributed by atoms with Gasteiger partial charge < -0.3 is 10.6 Å². The van der Waals surface area contributed by atoms with Gasteiger partial charge in [-0.2, -0.15) is 0 Å². The van der Waals surface area contributed by atoms with Gasteiger partial charge in [-0.1, -0.05) is 0 Å². The molecular weight excluding hydrogens is 236 g/mol. The summed E-state index contributed by atoms with van der Waals surface area (Å²) in [6, 6.07) is 4.94. The van der Waals surface area contributed by atoms with E-state index in [0.29, 0.717) is 5.69 Å². The number of hydrogen-bond donors (Lipinski definition) is 1. The summed E-state index contributed by atoms with van der Waals surface area (Å²) < 4.78 is 22.8. The van der Waals surface area contributed by atoms with Crippen LogP contribution in [0.3, 0.4) is 0 Å². The van der Waals surface area contributed by atoms with Gasteiger partial charge in [-0.05, 0) is 37.0 Å². The summed E-state index contributed by atoms with van der Waals surface area (Å²) in [6.45, 7) is 0.989. The average Bonchev–Trinajstić information content (AvgIpc) is 2.99. The summed E-state index contributed by atoms with van der Waals surface area (Å²) in [6.07, 6.45) is 3.76. The van der Waals surface area contributed by atoms with E-state index < -0.39 is 9.84 Å². The fourth-order valence-electron chi connectivity index (χ4n) is 1.90. The quantitative estimate of drug-likeness (QED) is 0.827. The molecular formula is C12H18N2O2S. The Bertz CT molecular complexity index is 521. The summed E-state index contributed by atoms with van der Waals surface area (Å²) in [5.74, 6) is 0.772. The van der Waals surface area contributed by atoms with Gasteiger partial charge in [0, 0.05) is 19.8 Å². The zero-order valence-electron chi connectivity index (χ0n) is 10.2. The van der Waals surface area contributed by atoms with Gasteiger partial charge in [-0.25, -0.2) is 8.42 Å². The minimum atomic E-state index is -3.18. The zero-order chi connectivity index (χ0) is 12.6. The van der Waals surface area contributed by atoms with Crippen molar-refractivity contribution in [1.82, 2.24) is 0 Å². The van der Waals surface area contributed by atoms with Gasteiger partial charge in [0.15, 0.2) is 9.84 Å². The molecule has 0 aliphatic heterocycles. The molecule has 94 valence electrons. The van der Waals surface area contributed by atoms with Gasteiger partial charge in [0.2, 0.25) is 0 Å². The summed E-state index contributed by atoms with van der Waals surface area (Å²) in [5.41, 5.74) is 7.34. The topological polar surface area (TPSA) is 63.4 Å². The fourth-order valence-corrected chi connectivity index (χ4v) is 2.55. The van der Waals surface area contributed by atoms with Gasteiger partial charge in [0.1, 0.15) is 0 Å². The molecule has 0 bridgehead atoms. The first-order chi connectivity index (χ1) is 7.88. The highest BCUT2D eigenvalue weighted by atomic mass is 32.2. The fraction of sp³-hybridized carbons (Fsp3) is 0.500. The van der Waals surface area contributed by atoms with Crippen LogP contribution in [0.1, 0.15) is 12.8 Å². The van der Waals surface area contributed by atoms with Crippen molar-refractivity contribution < 1.29 is 8.42 Å². The van der Waals surface area contributed by atoms with E-state index >= 15 is 0 Å². The first-order valence-corrected chi connectivity index (χ1v) is 7.58. The summed E-state index contributed by atoms with van der Waals surface area (Å²) in [5, 5.41) is 0. The Morgan fingerprint density at radius 2 is 2.06 bits per heavy atom. The smallest absolute Gasteiger partial charge is 0.175 e. The van der Waals surface area contributed by atoms with Crippen LogP contribution in [0.5, 0.6) is 0 Å². The third-order valence-corrected chi connectivity index (χ3v) is 4.18. The number of rotatable bonds is 4. The number of nitrogens with two attached hydrogens (primary N) is 1. The van der Waals surface area contributed by atoms with Crippen LogP contribution in [-0.4, -0.2) is 28.3 Å². The molecule has 1 aliphatic rings. The lowest BCUT2D eigenvalue weighted by molar-refractivity contribution is 0.602. The molecule has 0 saturated heterocycles. The third kappa shape index (κ3) is 2.91. The monoisotopic (exact) mass is 254 g/mol. The molecule has 0 atom stereocenters. The Hall–Kier alpha value is -1.23. The van der Waals surface area contributed by atoms with E-state index in [1.54, 1.807) is 12.1 Å². The van der Waals surface area contributed by atoms with Crippen molar-refractivity contribution in [2.45, 2.75) is 17.7 Å². The van der Waals surface area contributed by atoms with E-state index in [2.05, 4.69) is 4.90 Å². The van der Waals surface area contributed by atoms with Crippen molar-refractivity contribution in [1.29, 1.82) is 0 Å². The zero-order valence-corrected chi connectivity index (χ0v) is 11.0. The van der Waals surface area contributed by atoms with Gasteiger partial charge in [0.25, 0.3) is 0 Å². The molecule has 0 aromatic heterocycles. The van der Waals surface area contributed by atoms with Gasteiger partial charge in [-0.15, -0.1) is 0 Å². The maximum atomic E-state index is 11.4. The second kappa shape index (κ2) is 4.22. The van der Waals surface area contributed by atoms with Gasteiger partial charge >= 0.3 is 0 Å². The molecule has 0 radical (unpaired) electrons. The van der Waals surface area contributed by atoms with Crippen LogP contribution < -0.4 is 10.6 Å². The van der Waals surface area contributed by atoms with Gasteiger partial charge in [0.05, 0.1) is 16.3 Å². The SMILES string of the molecule is CN(CC1CC1)c1ccc(S(C)(=O)=O)cc1N. The number of anilines is 2. The Kier molecular flexibility index (Phi) is 3.03. The predicted octanol–water partition coefficient (Wildman–Crippen LogP) is 1.52. The lowest BCUT2D eigenvalue weighted by Gasteiger charge is -2.21. The highest BCUT2D eigenvalue weighted by Crippen LogP contribution is 2.33. The van der Waals surface area contributed by atoms with E-state index in [1.807, 2.05) is 7.05 Å². The molecule has 1 saturated carbocycles. The van der Waals surface area contributed by atoms with E-state index in [9.17, 15) is 8.42 Å². The first-order valence-electron chi connectivity index (χ1n) is 5.68. The van der Waals surface area contributed by atoms with Crippen molar-refractivity contribution in [3.63, 3.8) is 0 Å². The highest BCUT2D eigenvalue weighted by molar-refractivity contribution is 7.90. The normalized spacial score (nSPS) is 15.9. The summed E-state index contributed by atoms with van der Waals surface area (Å²) in [7, 11) is -1.19. The Morgan fingerprint density at radius 3 is 2.53 bits per heavy atom. The van der Waals surface area contributed by atoms with Gasteiger partial charge in [-0.3, -0.25) is 0 Å². The van der Waals surface area contributed by atoms with E-state index in [1.165, 1.54) is 25.2 Å². The number of nitrogen functional groups attached to an aromatic ring is 1. The highest BCUT2D eigenvalue weighted by Gasteiger charge is 2.23. The van der Waals surface area contributed by atoms with Crippen molar-refractivity contribution in [3.05, 3.63) is 18.2 Å². The minimum Gasteiger partial charge on any atom is -0.397 e. The molecule has 1 aromatic rings. The molecule has 1 aromatic carbocycles. The van der Waals surface area contributed by atoms with Crippen molar-refractivity contribution in [2.75, 3.05) is 30.5 Å². The van der Waals surface area contributed by atoms with E-state index in [-0.39, 0.29) is 4.90 Å². The standard InChI is InChI=1S/C12H18N2O2S/c1-14(8-9-3-4-9)12-6-5-10(7-11(12)13)17(2,15)16/h5-7,9H,3-4,8,13H2,1-2H3. The number of nitrogens with zero attached hydrogens (tertiary/aromatic N) is 1. The largest absolute Gasteiger partial charge is 0.397 e. The molecule has 2 N–H and O–H groups in total. The van der Waals surface area contributed by atoms with Crippen LogP contribution >= 0.6 is 0 Å². The van der Waals surface area contributed by atoms with Crippen LogP contribution in [0.2, 0.25) is 0 Å². The maximum absolute atomic E-state index is 11.4. The van der Waals surface area contributed by atoms with E-state index in [4.69, 9.17) is 5.73 Å². The van der Waals surface area contributed by atoms with Crippen LogP contribution in [0.15, 0.2) is 23.1 Å². The van der Waals surface area contributed by atoms with Crippen molar-refractivity contribution >= 4 is 21.2 Å². The second-order valence-corrected chi connectivity index (χ2v) is 6.83. The number of benzene rings is 1. The van der Waals surface area contributed by atoms with Crippen molar-refractivity contribution in [3.8, 4) is 0 Å². The molecule has 0 spiro atoms. The van der Waals surface area contributed by atoms with Crippen LogP contribution in [-0.2, 0) is 9.84 Å². The Balaban J connectivity index is 2.24. The molecule has 0 heterocycles. The van der Waals surface area contributed by atoms with Crippen LogP contribution in [0, 0.1) is 5.92 Å². The summed E-state index contributed by atoms with van der Waals surface area (Å²) >= 11 is 0. The van der Waals surface area contributed by atoms with Crippen LogP contribution in [0.4, 0.5) is 11.4 Å². The Labute approximate surface area is 102 Å². The molecule has 4 nitrogen and oxygen atoms in total. The Morgan fingerprint density at radius 1 is 1.41 bits per heavy atom. The minimum absolute atomic E-state index is 0.276. The predicted molar refractivity (Wildman–Crippen MR) is 70.0 cm³/mol. The maximum Gasteiger partial charge on any atom is 0.175 e. The molecule has 2 rings (SSSR count). The molecule has 5 heteroatoms. The molecule has 0 unspecified atom stereocenters.